The number of hydrogen-bond donors (Lipinski definition) is 1. The fraction of sp³-hybridized carbons (Fsp3) is 0.500. The molecule has 0 radical (unpaired) electrons. The molecule has 1 aliphatic rings. The lowest BCUT2D eigenvalue weighted by atomic mass is 10.1. The zero-order chi connectivity index (χ0) is 13.2. The van der Waals surface area contributed by atoms with E-state index < -0.39 is 10.0 Å². The maximum atomic E-state index is 12.0. The lowest BCUT2D eigenvalue weighted by Crippen LogP contribution is -2.28. The number of alkyl halides is 1. The first-order valence-corrected chi connectivity index (χ1v) is 8.64. The summed E-state index contributed by atoms with van der Waals surface area (Å²) >= 11 is 9.36. The summed E-state index contributed by atoms with van der Waals surface area (Å²) in [5.74, 6) is 0.420. The normalized spacial score (nSPS) is 24.3. The maximum Gasteiger partial charge on any atom is 0.240 e. The molecule has 0 aliphatic heterocycles. The van der Waals surface area contributed by atoms with E-state index in [0.717, 1.165) is 19.3 Å². The van der Waals surface area contributed by atoms with Gasteiger partial charge in [0.2, 0.25) is 10.0 Å². The first kappa shape index (κ1) is 14.3. The second-order valence-corrected chi connectivity index (χ2v) is 8.08. The number of sulfonamides is 1. The van der Waals surface area contributed by atoms with Crippen LogP contribution < -0.4 is 4.72 Å². The predicted molar refractivity (Wildman–Crippen MR) is 76.7 cm³/mol. The standard InChI is InChI=1S/C12H15BrClNO2S/c13-10-5-4-9(6-10)8-15-18(16,17)12-3-1-2-11(14)7-12/h1-3,7,9-10,15H,4-6,8H2. The van der Waals surface area contributed by atoms with E-state index in [1.54, 1.807) is 18.2 Å². The van der Waals surface area contributed by atoms with Gasteiger partial charge in [-0.05, 0) is 43.4 Å². The highest BCUT2D eigenvalue weighted by Gasteiger charge is 2.24. The Balaban J connectivity index is 1.99. The lowest BCUT2D eigenvalue weighted by Gasteiger charge is -2.11. The van der Waals surface area contributed by atoms with Gasteiger partial charge in [0.1, 0.15) is 0 Å². The predicted octanol–water partition coefficient (Wildman–Crippen LogP) is 3.18. The Hall–Kier alpha value is -0.100. The van der Waals surface area contributed by atoms with Gasteiger partial charge in [-0.15, -0.1) is 0 Å². The van der Waals surface area contributed by atoms with Crippen LogP contribution in [-0.4, -0.2) is 19.8 Å². The molecule has 0 bridgehead atoms. The van der Waals surface area contributed by atoms with Gasteiger partial charge in [0, 0.05) is 16.4 Å². The number of hydrogen-bond acceptors (Lipinski definition) is 2. The van der Waals surface area contributed by atoms with Crippen LogP contribution in [0.3, 0.4) is 0 Å². The summed E-state index contributed by atoms with van der Waals surface area (Å²) in [5.41, 5.74) is 0. The van der Waals surface area contributed by atoms with E-state index in [4.69, 9.17) is 11.6 Å². The summed E-state index contributed by atoms with van der Waals surface area (Å²) < 4.78 is 26.7. The molecule has 0 amide bonds. The highest BCUT2D eigenvalue weighted by Crippen LogP contribution is 2.30. The minimum absolute atomic E-state index is 0.225. The van der Waals surface area contributed by atoms with Crippen molar-refractivity contribution in [2.75, 3.05) is 6.54 Å². The summed E-state index contributed by atoms with van der Waals surface area (Å²) in [4.78, 5) is 0.751. The van der Waals surface area contributed by atoms with E-state index in [0.29, 0.717) is 22.3 Å². The Labute approximate surface area is 121 Å². The third-order valence-electron chi connectivity index (χ3n) is 3.15. The molecule has 1 aliphatic carbocycles. The van der Waals surface area contributed by atoms with Gasteiger partial charge in [-0.3, -0.25) is 0 Å². The first-order valence-electron chi connectivity index (χ1n) is 5.86. The number of rotatable bonds is 4. The summed E-state index contributed by atoms with van der Waals surface area (Å²) in [6, 6.07) is 6.32. The van der Waals surface area contributed by atoms with Gasteiger partial charge >= 0.3 is 0 Å². The molecular formula is C12H15BrClNO2S. The van der Waals surface area contributed by atoms with E-state index in [-0.39, 0.29) is 4.90 Å². The third-order valence-corrected chi connectivity index (χ3v) is 5.63. The van der Waals surface area contributed by atoms with Crippen LogP contribution in [0.15, 0.2) is 29.2 Å². The summed E-state index contributed by atoms with van der Waals surface area (Å²) in [7, 11) is -3.44. The van der Waals surface area contributed by atoms with Crippen molar-refractivity contribution in [1.82, 2.24) is 4.72 Å². The van der Waals surface area contributed by atoms with Crippen molar-refractivity contribution in [1.29, 1.82) is 0 Å². The lowest BCUT2D eigenvalue weighted by molar-refractivity contribution is 0.521. The van der Waals surface area contributed by atoms with E-state index in [1.807, 2.05) is 0 Å². The zero-order valence-electron chi connectivity index (χ0n) is 9.77. The highest BCUT2D eigenvalue weighted by atomic mass is 79.9. The van der Waals surface area contributed by atoms with E-state index in [1.165, 1.54) is 6.07 Å². The molecule has 2 unspecified atom stereocenters. The van der Waals surface area contributed by atoms with Crippen LogP contribution in [0, 0.1) is 5.92 Å². The smallest absolute Gasteiger partial charge is 0.211 e. The molecule has 1 aromatic carbocycles. The SMILES string of the molecule is O=S(=O)(NCC1CCC(Br)C1)c1cccc(Cl)c1. The van der Waals surface area contributed by atoms with E-state index in [2.05, 4.69) is 20.7 Å². The average Bonchev–Trinajstić information content (AvgIpc) is 2.73. The molecule has 1 fully saturated rings. The molecule has 0 spiro atoms. The van der Waals surface area contributed by atoms with Crippen LogP contribution in [0.4, 0.5) is 0 Å². The molecule has 0 aromatic heterocycles. The molecule has 2 atom stereocenters. The number of benzene rings is 1. The number of halogens is 2. The molecule has 18 heavy (non-hydrogen) atoms. The highest BCUT2D eigenvalue weighted by molar-refractivity contribution is 9.09. The maximum absolute atomic E-state index is 12.0. The molecule has 1 N–H and O–H groups in total. The zero-order valence-corrected chi connectivity index (χ0v) is 12.9. The van der Waals surface area contributed by atoms with Gasteiger partial charge in [0.15, 0.2) is 0 Å². The monoisotopic (exact) mass is 351 g/mol. The molecule has 0 heterocycles. The minimum Gasteiger partial charge on any atom is -0.211 e. The molecule has 6 heteroatoms. The summed E-state index contributed by atoms with van der Waals surface area (Å²) in [6.07, 6.45) is 3.20. The Morgan fingerprint density at radius 1 is 1.39 bits per heavy atom. The summed E-state index contributed by atoms with van der Waals surface area (Å²) in [5, 5.41) is 0.430. The molecular weight excluding hydrogens is 338 g/mol. The minimum atomic E-state index is -3.44. The van der Waals surface area contributed by atoms with Crippen molar-refractivity contribution >= 4 is 37.6 Å². The Bertz CT molecular complexity index is 521. The molecule has 0 saturated heterocycles. The van der Waals surface area contributed by atoms with Crippen LogP contribution in [0.5, 0.6) is 0 Å². The van der Waals surface area contributed by atoms with Crippen LogP contribution in [0.2, 0.25) is 5.02 Å². The van der Waals surface area contributed by atoms with Gasteiger partial charge in [-0.2, -0.15) is 0 Å². The van der Waals surface area contributed by atoms with Gasteiger partial charge in [-0.25, -0.2) is 13.1 Å². The Morgan fingerprint density at radius 2 is 2.17 bits per heavy atom. The van der Waals surface area contributed by atoms with Gasteiger partial charge in [0.25, 0.3) is 0 Å². The molecule has 2 rings (SSSR count). The van der Waals surface area contributed by atoms with Crippen molar-refractivity contribution in [3.05, 3.63) is 29.3 Å². The van der Waals surface area contributed by atoms with Crippen LogP contribution >= 0.6 is 27.5 Å². The van der Waals surface area contributed by atoms with Crippen molar-refractivity contribution in [2.24, 2.45) is 5.92 Å². The molecule has 3 nitrogen and oxygen atoms in total. The largest absolute Gasteiger partial charge is 0.240 e. The van der Waals surface area contributed by atoms with Crippen molar-refractivity contribution in [2.45, 2.75) is 29.0 Å². The Kier molecular flexibility index (Phi) is 4.69. The van der Waals surface area contributed by atoms with Crippen molar-refractivity contribution in [3.63, 3.8) is 0 Å². The van der Waals surface area contributed by atoms with Crippen molar-refractivity contribution < 1.29 is 8.42 Å². The Morgan fingerprint density at radius 3 is 2.78 bits per heavy atom. The second kappa shape index (κ2) is 5.90. The van der Waals surface area contributed by atoms with Crippen molar-refractivity contribution in [3.8, 4) is 0 Å². The fourth-order valence-corrected chi connectivity index (χ4v) is 4.35. The van der Waals surface area contributed by atoms with Gasteiger partial charge in [-0.1, -0.05) is 33.6 Å². The summed E-state index contributed by atoms with van der Waals surface area (Å²) in [6.45, 7) is 0.497. The molecule has 1 saturated carbocycles. The topological polar surface area (TPSA) is 46.2 Å². The van der Waals surface area contributed by atoms with Crippen LogP contribution in [0.1, 0.15) is 19.3 Å². The second-order valence-electron chi connectivity index (χ2n) is 4.59. The fourth-order valence-electron chi connectivity index (χ4n) is 2.14. The van der Waals surface area contributed by atoms with Crippen LogP contribution in [-0.2, 0) is 10.0 Å². The average molecular weight is 353 g/mol. The van der Waals surface area contributed by atoms with Crippen LogP contribution in [0.25, 0.3) is 0 Å². The van der Waals surface area contributed by atoms with Gasteiger partial charge < -0.3 is 0 Å². The third kappa shape index (κ3) is 3.70. The molecule has 1 aromatic rings. The number of nitrogens with one attached hydrogen (secondary N) is 1. The van der Waals surface area contributed by atoms with E-state index in [9.17, 15) is 8.42 Å². The molecule has 100 valence electrons. The van der Waals surface area contributed by atoms with E-state index >= 15 is 0 Å². The first-order chi connectivity index (χ1) is 8.47. The van der Waals surface area contributed by atoms with Gasteiger partial charge in [0.05, 0.1) is 4.90 Å². The quantitative estimate of drug-likeness (QED) is 0.846.